The van der Waals surface area contributed by atoms with Crippen LogP contribution in [0.2, 0.25) is 0 Å². The minimum absolute atomic E-state index is 0. The highest BCUT2D eigenvalue weighted by molar-refractivity contribution is 7.18. The first-order valence-corrected chi connectivity index (χ1v) is 7.53. The molecule has 110 valence electrons. The number of halogens is 2. The molecule has 1 aromatic carbocycles. The second-order valence-corrected chi connectivity index (χ2v) is 6.29. The summed E-state index contributed by atoms with van der Waals surface area (Å²) in [6.45, 7) is 3.85. The summed E-state index contributed by atoms with van der Waals surface area (Å²) in [5.41, 5.74) is 6.60. The largest absolute Gasteiger partial charge is 0.330 e. The Balaban J connectivity index is 0.00000147. The topological polar surface area (TPSA) is 42.1 Å². The lowest BCUT2D eigenvalue weighted by Crippen LogP contribution is -2.35. The number of likely N-dealkylation sites (tertiary alicyclic amines) is 1. The standard InChI is InChI=1S/C14H18FN3S.ClH/c15-11-1-2-12-13(7-11)19-14(17-12)9-18-5-3-10(8-16)4-6-18;/h1-2,7,10H,3-6,8-9,16H2;1H. The Bertz CT molecular complexity index is 567. The van der Waals surface area contributed by atoms with E-state index in [4.69, 9.17) is 5.73 Å². The maximum absolute atomic E-state index is 13.1. The van der Waals surface area contributed by atoms with Crippen molar-refractivity contribution in [1.29, 1.82) is 0 Å². The summed E-state index contributed by atoms with van der Waals surface area (Å²) in [5.74, 6) is 0.493. The lowest BCUT2D eigenvalue weighted by Gasteiger charge is -2.30. The maximum Gasteiger partial charge on any atom is 0.124 e. The molecule has 1 aliphatic heterocycles. The van der Waals surface area contributed by atoms with Crippen molar-refractivity contribution in [3.63, 3.8) is 0 Å². The summed E-state index contributed by atoms with van der Waals surface area (Å²) in [5, 5.41) is 1.08. The van der Waals surface area contributed by atoms with Crippen molar-refractivity contribution < 1.29 is 4.39 Å². The van der Waals surface area contributed by atoms with Crippen LogP contribution in [-0.4, -0.2) is 29.5 Å². The number of hydrogen-bond donors (Lipinski definition) is 1. The van der Waals surface area contributed by atoms with Gasteiger partial charge in [-0.15, -0.1) is 23.7 Å². The van der Waals surface area contributed by atoms with Gasteiger partial charge in [0.2, 0.25) is 0 Å². The van der Waals surface area contributed by atoms with Crippen molar-refractivity contribution in [2.24, 2.45) is 11.7 Å². The van der Waals surface area contributed by atoms with Gasteiger partial charge in [0.05, 0.1) is 16.8 Å². The van der Waals surface area contributed by atoms with E-state index in [0.717, 1.165) is 41.4 Å². The molecule has 0 radical (unpaired) electrons. The molecule has 0 spiro atoms. The van der Waals surface area contributed by atoms with Gasteiger partial charge in [0, 0.05) is 0 Å². The van der Waals surface area contributed by atoms with E-state index in [2.05, 4.69) is 9.88 Å². The number of benzene rings is 1. The minimum atomic E-state index is -0.188. The Hall–Kier alpha value is -0.750. The molecule has 2 N–H and O–H groups in total. The summed E-state index contributed by atoms with van der Waals surface area (Å²) >= 11 is 1.59. The van der Waals surface area contributed by atoms with E-state index in [-0.39, 0.29) is 18.2 Å². The first kappa shape index (κ1) is 15.6. The first-order chi connectivity index (χ1) is 9.24. The predicted octanol–water partition coefficient (Wildman–Crippen LogP) is 3.03. The molecule has 2 heterocycles. The Morgan fingerprint density at radius 3 is 2.80 bits per heavy atom. The van der Waals surface area contributed by atoms with Crippen LogP contribution in [0, 0.1) is 11.7 Å². The van der Waals surface area contributed by atoms with Crippen LogP contribution in [0.4, 0.5) is 4.39 Å². The molecule has 6 heteroatoms. The Morgan fingerprint density at radius 2 is 2.10 bits per heavy atom. The summed E-state index contributed by atoms with van der Waals surface area (Å²) in [6, 6.07) is 4.79. The second-order valence-electron chi connectivity index (χ2n) is 5.17. The van der Waals surface area contributed by atoms with Crippen LogP contribution in [0.3, 0.4) is 0 Å². The van der Waals surface area contributed by atoms with Crippen LogP contribution in [0.5, 0.6) is 0 Å². The van der Waals surface area contributed by atoms with E-state index >= 15 is 0 Å². The molecule has 1 saturated heterocycles. The number of thiazole rings is 1. The SMILES string of the molecule is Cl.NCC1CCN(Cc2nc3ccc(F)cc3s2)CC1. The monoisotopic (exact) mass is 315 g/mol. The summed E-state index contributed by atoms with van der Waals surface area (Å²) in [6.07, 6.45) is 2.35. The van der Waals surface area contributed by atoms with E-state index < -0.39 is 0 Å². The summed E-state index contributed by atoms with van der Waals surface area (Å²) < 4.78 is 14.1. The average Bonchev–Trinajstić information content (AvgIpc) is 2.81. The number of hydrogen-bond acceptors (Lipinski definition) is 4. The quantitative estimate of drug-likeness (QED) is 0.946. The van der Waals surface area contributed by atoms with Gasteiger partial charge in [-0.3, -0.25) is 4.90 Å². The van der Waals surface area contributed by atoms with Crippen LogP contribution in [0.15, 0.2) is 18.2 Å². The smallest absolute Gasteiger partial charge is 0.124 e. The Labute approximate surface area is 128 Å². The van der Waals surface area contributed by atoms with Gasteiger partial charge in [-0.1, -0.05) is 0 Å². The number of piperidine rings is 1. The van der Waals surface area contributed by atoms with Crippen LogP contribution < -0.4 is 5.73 Å². The predicted molar refractivity (Wildman–Crippen MR) is 83.9 cm³/mol. The number of fused-ring (bicyclic) bond motifs is 1. The molecule has 1 fully saturated rings. The second kappa shape index (κ2) is 6.80. The highest BCUT2D eigenvalue weighted by atomic mass is 35.5. The summed E-state index contributed by atoms with van der Waals surface area (Å²) in [4.78, 5) is 6.99. The van der Waals surface area contributed by atoms with E-state index in [1.165, 1.54) is 18.9 Å². The van der Waals surface area contributed by atoms with Crippen molar-refractivity contribution in [3.8, 4) is 0 Å². The molecular formula is C14H19ClFN3S. The van der Waals surface area contributed by atoms with Crippen LogP contribution in [0.25, 0.3) is 10.2 Å². The highest BCUT2D eigenvalue weighted by Crippen LogP contribution is 2.25. The first-order valence-electron chi connectivity index (χ1n) is 6.72. The van der Waals surface area contributed by atoms with Gasteiger partial charge in [-0.2, -0.15) is 0 Å². The third kappa shape index (κ3) is 3.47. The number of nitrogens with zero attached hydrogens (tertiary/aromatic N) is 2. The van der Waals surface area contributed by atoms with Gasteiger partial charge in [-0.25, -0.2) is 9.37 Å². The van der Waals surface area contributed by atoms with E-state index in [9.17, 15) is 4.39 Å². The molecule has 3 nitrogen and oxygen atoms in total. The number of aromatic nitrogens is 1. The lowest BCUT2D eigenvalue weighted by molar-refractivity contribution is 0.180. The normalized spacial score (nSPS) is 17.3. The van der Waals surface area contributed by atoms with Gasteiger partial charge in [0.1, 0.15) is 10.8 Å². The maximum atomic E-state index is 13.1. The minimum Gasteiger partial charge on any atom is -0.330 e. The molecule has 1 aromatic heterocycles. The van der Waals surface area contributed by atoms with Crippen LogP contribution >= 0.6 is 23.7 Å². The highest BCUT2D eigenvalue weighted by Gasteiger charge is 2.19. The molecule has 1 aliphatic rings. The van der Waals surface area contributed by atoms with Gasteiger partial charge >= 0.3 is 0 Å². The lowest BCUT2D eigenvalue weighted by atomic mass is 9.97. The van der Waals surface area contributed by atoms with Crippen LogP contribution in [-0.2, 0) is 6.54 Å². The van der Waals surface area contributed by atoms with Crippen molar-refractivity contribution >= 4 is 34.0 Å². The van der Waals surface area contributed by atoms with E-state index in [1.807, 2.05) is 0 Å². The fraction of sp³-hybridized carbons (Fsp3) is 0.500. The molecule has 0 amide bonds. The molecule has 0 saturated carbocycles. The molecule has 0 atom stereocenters. The molecule has 0 aliphatic carbocycles. The fourth-order valence-corrected chi connectivity index (χ4v) is 3.62. The van der Waals surface area contributed by atoms with Crippen LogP contribution in [0.1, 0.15) is 17.8 Å². The van der Waals surface area contributed by atoms with Gasteiger partial charge < -0.3 is 5.73 Å². The number of nitrogens with two attached hydrogens (primary N) is 1. The zero-order valence-electron chi connectivity index (χ0n) is 11.2. The molecule has 20 heavy (non-hydrogen) atoms. The van der Waals surface area contributed by atoms with Crippen molar-refractivity contribution in [2.75, 3.05) is 19.6 Å². The Morgan fingerprint density at radius 1 is 1.35 bits per heavy atom. The molecule has 2 aromatic rings. The number of rotatable bonds is 3. The van der Waals surface area contributed by atoms with Crippen molar-refractivity contribution in [2.45, 2.75) is 19.4 Å². The molecular weight excluding hydrogens is 297 g/mol. The average molecular weight is 316 g/mol. The fourth-order valence-electron chi connectivity index (χ4n) is 2.59. The van der Waals surface area contributed by atoms with E-state index in [1.54, 1.807) is 23.5 Å². The van der Waals surface area contributed by atoms with E-state index in [0.29, 0.717) is 5.92 Å². The molecule has 0 unspecified atom stereocenters. The van der Waals surface area contributed by atoms with Gasteiger partial charge in [0.25, 0.3) is 0 Å². The Kier molecular flexibility index (Phi) is 5.32. The third-order valence-corrected chi connectivity index (χ3v) is 4.80. The van der Waals surface area contributed by atoms with Crippen molar-refractivity contribution in [1.82, 2.24) is 9.88 Å². The summed E-state index contributed by atoms with van der Waals surface area (Å²) in [7, 11) is 0. The zero-order chi connectivity index (χ0) is 13.2. The van der Waals surface area contributed by atoms with Gasteiger partial charge in [-0.05, 0) is 56.6 Å². The van der Waals surface area contributed by atoms with Gasteiger partial charge in [0.15, 0.2) is 0 Å². The van der Waals surface area contributed by atoms with Crippen molar-refractivity contribution in [3.05, 3.63) is 29.0 Å². The zero-order valence-corrected chi connectivity index (χ0v) is 12.9. The third-order valence-electron chi connectivity index (χ3n) is 3.79. The molecule has 3 rings (SSSR count). The molecule has 0 bridgehead atoms.